The number of halogens is 2. The minimum atomic E-state index is -0.349. The topological polar surface area (TPSA) is 43.1 Å². The molecule has 0 amide bonds. The number of hydrogen-bond acceptors (Lipinski definition) is 2. The molecular weight excluding hydrogens is 225 g/mol. The summed E-state index contributed by atoms with van der Waals surface area (Å²) < 4.78 is 12.3. The molecule has 0 radical (unpaired) electrons. The summed E-state index contributed by atoms with van der Waals surface area (Å²) in [5, 5.41) is 0. The zero-order chi connectivity index (χ0) is 8.27. The van der Waals surface area contributed by atoms with Crippen molar-refractivity contribution in [3.05, 3.63) is 35.6 Å². The second-order valence-electron chi connectivity index (χ2n) is 2.13. The highest BCUT2D eigenvalue weighted by atomic mass is 79.9. The first-order valence-corrected chi connectivity index (χ1v) is 3.23. The fourth-order valence-corrected chi connectivity index (χ4v) is 0.754. The number of nitrogens with two attached hydrogens (primary N) is 1. The van der Waals surface area contributed by atoms with E-state index in [1.807, 2.05) is 0 Å². The standard InChI is InChI=1S/C8H8FNO.BrH/c9-7-3-1-6(2-4-7)8(11)5-10;/h1-4H,5,10H2;1H/p-1. The van der Waals surface area contributed by atoms with Crippen molar-refractivity contribution < 1.29 is 26.2 Å². The van der Waals surface area contributed by atoms with Gasteiger partial charge in [-0.2, -0.15) is 0 Å². The Balaban J connectivity index is 0.00000121. The summed E-state index contributed by atoms with van der Waals surface area (Å²) >= 11 is 0. The number of ketones is 1. The average molecular weight is 233 g/mol. The quantitative estimate of drug-likeness (QED) is 0.599. The van der Waals surface area contributed by atoms with Crippen LogP contribution in [-0.4, -0.2) is 12.3 Å². The molecule has 12 heavy (non-hydrogen) atoms. The van der Waals surface area contributed by atoms with E-state index >= 15 is 0 Å². The van der Waals surface area contributed by atoms with E-state index in [-0.39, 0.29) is 35.1 Å². The summed E-state index contributed by atoms with van der Waals surface area (Å²) in [6.45, 7) is -0.0361. The van der Waals surface area contributed by atoms with Gasteiger partial charge in [0, 0.05) is 5.56 Å². The van der Waals surface area contributed by atoms with E-state index < -0.39 is 0 Å². The SMILES string of the molecule is NCC(=O)c1ccc(F)cc1.[Br-]. The number of rotatable bonds is 2. The smallest absolute Gasteiger partial charge is 0.176 e. The maximum Gasteiger partial charge on any atom is 0.176 e. The van der Waals surface area contributed by atoms with E-state index in [2.05, 4.69) is 0 Å². The number of carbonyl (C=O) groups is 1. The van der Waals surface area contributed by atoms with E-state index in [0.717, 1.165) is 0 Å². The fraction of sp³-hybridized carbons (Fsp3) is 0.125. The summed E-state index contributed by atoms with van der Waals surface area (Å²) in [5.41, 5.74) is 5.55. The van der Waals surface area contributed by atoms with E-state index in [9.17, 15) is 9.18 Å². The van der Waals surface area contributed by atoms with Crippen LogP contribution in [0.1, 0.15) is 10.4 Å². The van der Waals surface area contributed by atoms with Crippen LogP contribution in [0.4, 0.5) is 4.39 Å². The zero-order valence-electron chi connectivity index (χ0n) is 6.26. The van der Waals surface area contributed by atoms with Crippen LogP contribution < -0.4 is 22.7 Å². The molecule has 1 rings (SSSR count). The van der Waals surface area contributed by atoms with Gasteiger partial charge in [0.05, 0.1) is 6.54 Å². The molecule has 0 saturated carbocycles. The molecule has 0 heterocycles. The molecule has 0 aliphatic rings. The number of Topliss-reactive ketones (excluding diaryl/α,β-unsaturated/α-hetero) is 1. The van der Waals surface area contributed by atoms with Gasteiger partial charge in [-0.25, -0.2) is 4.39 Å². The molecule has 0 atom stereocenters. The third kappa shape index (κ3) is 2.71. The lowest BCUT2D eigenvalue weighted by atomic mass is 10.1. The molecule has 2 N–H and O–H groups in total. The number of hydrogen-bond donors (Lipinski definition) is 1. The van der Waals surface area contributed by atoms with E-state index in [1.54, 1.807) is 0 Å². The Labute approximate surface area is 80.3 Å². The molecule has 0 fully saturated rings. The Bertz CT molecular complexity index is 260. The summed E-state index contributed by atoms with van der Waals surface area (Å²) in [7, 11) is 0. The lowest BCUT2D eigenvalue weighted by molar-refractivity contribution is -0.0000106. The maximum absolute atomic E-state index is 12.3. The van der Waals surface area contributed by atoms with Crippen molar-refractivity contribution in [1.82, 2.24) is 0 Å². The Morgan fingerprint density at radius 2 is 1.83 bits per heavy atom. The summed E-state index contributed by atoms with van der Waals surface area (Å²) in [5.74, 6) is -0.524. The molecule has 0 aliphatic carbocycles. The molecule has 0 spiro atoms. The van der Waals surface area contributed by atoms with Gasteiger partial charge in [0.25, 0.3) is 0 Å². The van der Waals surface area contributed by atoms with E-state index in [1.165, 1.54) is 24.3 Å². The van der Waals surface area contributed by atoms with Crippen LogP contribution in [0.15, 0.2) is 24.3 Å². The molecule has 0 unspecified atom stereocenters. The van der Waals surface area contributed by atoms with Crippen molar-refractivity contribution in [3.8, 4) is 0 Å². The lowest BCUT2D eigenvalue weighted by Gasteiger charge is -1.95. The van der Waals surface area contributed by atoms with Crippen LogP contribution >= 0.6 is 0 Å². The van der Waals surface area contributed by atoms with Crippen LogP contribution in [0.2, 0.25) is 0 Å². The first kappa shape index (κ1) is 11.3. The van der Waals surface area contributed by atoms with Gasteiger partial charge in [-0.15, -0.1) is 0 Å². The van der Waals surface area contributed by atoms with Crippen LogP contribution in [0.5, 0.6) is 0 Å². The van der Waals surface area contributed by atoms with Crippen molar-refractivity contribution in [2.45, 2.75) is 0 Å². The molecule has 0 aliphatic heterocycles. The Hall–Kier alpha value is -0.740. The maximum atomic E-state index is 12.3. The fourth-order valence-electron chi connectivity index (χ4n) is 0.754. The Morgan fingerprint density at radius 3 is 2.25 bits per heavy atom. The first-order valence-electron chi connectivity index (χ1n) is 3.23. The monoisotopic (exact) mass is 232 g/mol. The largest absolute Gasteiger partial charge is 1.00 e. The normalized spacial score (nSPS) is 8.83. The minimum absolute atomic E-state index is 0. The van der Waals surface area contributed by atoms with Gasteiger partial charge >= 0.3 is 0 Å². The highest BCUT2D eigenvalue weighted by Gasteiger charge is 2.01. The van der Waals surface area contributed by atoms with Gasteiger partial charge in [-0.05, 0) is 24.3 Å². The highest BCUT2D eigenvalue weighted by molar-refractivity contribution is 5.97. The van der Waals surface area contributed by atoms with E-state index in [0.29, 0.717) is 5.56 Å². The van der Waals surface area contributed by atoms with Crippen molar-refractivity contribution in [3.63, 3.8) is 0 Å². The second kappa shape index (κ2) is 5.00. The van der Waals surface area contributed by atoms with Gasteiger partial charge in [0.1, 0.15) is 5.82 Å². The van der Waals surface area contributed by atoms with Crippen LogP contribution in [0.3, 0.4) is 0 Å². The molecule has 0 bridgehead atoms. The van der Waals surface area contributed by atoms with Crippen LogP contribution in [0, 0.1) is 5.82 Å². The minimum Gasteiger partial charge on any atom is -1.00 e. The van der Waals surface area contributed by atoms with Crippen molar-refractivity contribution in [2.75, 3.05) is 6.54 Å². The lowest BCUT2D eigenvalue weighted by Crippen LogP contribution is -3.00. The molecule has 4 heteroatoms. The molecular formula is C8H8BrFNO-. The van der Waals surface area contributed by atoms with Gasteiger partial charge in [-0.3, -0.25) is 4.79 Å². The summed E-state index contributed by atoms with van der Waals surface area (Å²) in [6, 6.07) is 5.32. The third-order valence-electron chi connectivity index (χ3n) is 1.35. The first-order chi connectivity index (χ1) is 5.24. The predicted octanol–water partition coefficient (Wildman–Crippen LogP) is -2.03. The van der Waals surface area contributed by atoms with Gasteiger partial charge < -0.3 is 22.7 Å². The molecule has 1 aromatic carbocycles. The second-order valence-corrected chi connectivity index (χ2v) is 2.13. The van der Waals surface area contributed by atoms with Gasteiger partial charge in [0.15, 0.2) is 5.78 Å². The van der Waals surface area contributed by atoms with Crippen molar-refractivity contribution in [1.29, 1.82) is 0 Å². The summed E-state index contributed by atoms with van der Waals surface area (Å²) in [4.78, 5) is 10.9. The van der Waals surface area contributed by atoms with E-state index in [4.69, 9.17) is 5.73 Å². The highest BCUT2D eigenvalue weighted by Crippen LogP contribution is 2.02. The molecule has 2 nitrogen and oxygen atoms in total. The van der Waals surface area contributed by atoms with Crippen LogP contribution in [0.25, 0.3) is 0 Å². The van der Waals surface area contributed by atoms with Gasteiger partial charge in [-0.1, -0.05) is 0 Å². The van der Waals surface area contributed by atoms with Crippen LogP contribution in [-0.2, 0) is 0 Å². The van der Waals surface area contributed by atoms with Crippen molar-refractivity contribution >= 4 is 5.78 Å². The third-order valence-corrected chi connectivity index (χ3v) is 1.35. The average Bonchev–Trinajstić information content (AvgIpc) is 2.05. The Morgan fingerprint density at radius 1 is 1.33 bits per heavy atom. The Kier molecular flexibility index (Phi) is 4.70. The van der Waals surface area contributed by atoms with Gasteiger partial charge in [0.2, 0.25) is 0 Å². The number of carbonyl (C=O) groups excluding carboxylic acids is 1. The predicted molar refractivity (Wildman–Crippen MR) is 39.8 cm³/mol. The number of benzene rings is 1. The zero-order valence-corrected chi connectivity index (χ0v) is 7.84. The molecule has 0 saturated heterocycles. The molecule has 66 valence electrons. The summed E-state index contributed by atoms with van der Waals surface area (Å²) in [6.07, 6.45) is 0. The molecule has 0 aromatic heterocycles. The molecule has 1 aromatic rings. The van der Waals surface area contributed by atoms with Crippen molar-refractivity contribution in [2.24, 2.45) is 5.73 Å².